The number of aromatic nitrogens is 1. The molecule has 2 aromatic heterocycles. The molecule has 0 unspecified atom stereocenters. The van der Waals surface area contributed by atoms with Gasteiger partial charge in [0.05, 0.1) is 11.8 Å². The summed E-state index contributed by atoms with van der Waals surface area (Å²) in [5.41, 5.74) is 3.48. The van der Waals surface area contributed by atoms with Gasteiger partial charge in [0.15, 0.2) is 11.5 Å². The van der Waals surface area contributed by atoms with Crippen LogP contribution in [0.15, 0.2) is 41.1 Å². The largest absolute Gasteiger partial charge is 0.586 e. The number of nitrogens with zero attached hydrogens (tertiary/aromatic N) is 1. The minimum absolute atomic E-state index is 0.00309. The van der Waals surface area contributed by atoms with Crippen molar-refractivity contribution in [1.29, 1.82) is 0 Å². The van der Waals surface area contributed by atoms with Crippen molar-refractivity contribution in [3.63, 3.8) is 0 Å². The first-order valence-corrected chi connectivity index (χ1v) is 9.58. The van der Waals surface area contributed by atoms with Gasteiger partial charge in [-0.2, -0.15) is 0 Å². The van der Waals surface area contributed by atoms with Gasteiger partial charge in [0.1, 0.15) is 11.6 Å². The van der Waals surface area contributed by atoms with Crippen LogP contribution in [-0.4, -0.2) is 17.2 Å². The third-order valence-electron chi connectivity index (χ3n) is 4.94. The number of fused-ring (bicyclic) bond motifs is 1. The van der Waals surface area contributed by atoms with E-state index in [1.54, 1.807) is 31.5 Å². The third kappa shape index (κ3) is 3.60. The van der Waals surface area contributed by atoms with Gasteiger partial charge in [-0.15, -0.1) is 8.78 Å². The van der Waals surface area contributed by atoms with Gasteiger partial charge in [-0.3, -0.25) is 4.79 Å². The maximum atomic E-state index is 13.3. The van der Waals surface area contributed by atoms with E-state index in [-0.39, 0.29) is 17.4 Å². The summed E-state index contributed by atoms with van der Waals surface area (Å²) in [6.45, 7) is 5.66. The van der Waals surface area contributed by atoms with Crippen LogP contribution in [0.1, 0.15) is 41.1 Å². The van der Waals surface area contributed by atoms with Crippen molar-refractivity contribution in [3.8, 4) is 22.6 Å². The molecule has 3 aromatic rings. The fraction of sp³-hybridized carbons (Fsp3) is 0.273. The number of anilines is 1. The molecule has 1 aliphatic heterocycles. The van der Waals surface area contributed by atoms with E-state index in [2.05, 4.69) is 19.8 Å². The summed E-state index contributed by atoms with van der Waals surface area (Å²) >= 11 is 0. The van der Waals surface area contributed by atoms with Gasteiger partial charge in [-0.1, -0.05) is 13.8 Å². The Bertz CT molecular complexity index is 1090. The average Bonchev–Trinajstić information content (AvgIpc) is 3.26. The number of ether oxygens (including phenoxy) is 2. The molecular formula is C22H20F2N2O4. The van der Waals surface area contributed by atoms with E-state index < -0.39 is 6.29 Å². The average molecular weight is 414 g/mol. The zero-order valence-electron chi connectivity index (χ0n) is 16.7. The molecule has 4 rings (SSSR count). The number of halogens is 2. The summed E-state index contributed by atoms with van der Waals surface area (Å²) in [6, 6.07) is 6.40. The highest BCUT2D eigenvalue weighted by atomic mass is 19.3. The molecule has 1 amide bonds. The number of alkyl halides is 2. The summed E-state index contributed by atoms with van der Waals surface area (Å²) in [7, 11) is 0. The zero-order valence-corrected chi connectivity index (χ0v) is 16.7. The quantitative estimate of drug-likeness (QED) is 0.609. The van der Waals surface area contributed by atoms with E-state index in [4.69, 9.17) is 4.42 Å². The first-order chi connectivity index (χ1) is 14.3. The Morgan fingerprint density at radius 1 is 1.13 bits per heavy atom. The number of hydrogen-bond acceptors (Lipinski definition) is 5. The zero-order chi connectivity index (χ0) is 21.5. The Labute approximate surface area is 171 Å². The van der Waals surface area contributed by atoms with Crippen LogP contribution in [0.5, 0.6) is 11.5 Å². The topological polar surface area (TPSA) is 73.6 Å². The van der Waals surface area contributed by atoms with Gasteiger partial charge in [-0.25, -0.2) is 4.98 Å². The van der Waals surface area contributed by atoms with Gasteiger partial charge in [0.25, 0.3) is 5.91 Å². The maximum Gasteiger partial charge on any atom is 0.586 e. The van der Waals surface area contributed by atoms with Crippen LogP contribution in [0, 0.1) is 6.92 Å². The highest BCUT2D eigenvalue weighted by Crippen LogP contribution is 2.44. The lowest BCUT2D eigenvalue weighted by Gasteiger charge is -2.09. The van der Waals surface area contributed by atoms with Crippen molar-refractivity contribution in [2.24, 2.45) is 0 Å². The monoisotopic (exact) mass is 414 g/mol. The van der Waals surface area contributed by atoms with Crippen LogP contribution in [0.25, 0.3) is 11.1 Å². The third-order valence-corrected chi connectivity index (χ3v) is 4.94. The fourth-order valence-electron chi connectivity index (χ4n) is 3.45. The Morgan fingerprint density at radius 3 is 2.50 bits per heavy atom. The summed E-state index contributed by atoms with van der Waals surface area (Å²) in [4.78, 5) is 17.0. The number of carbonyl (C=O) groups is 1. The lowest BCUT2D eigenvalue weighted by molar-refractivity contribution is -0.286. The molecule has 0 aliphatic carbocycles. The van der Waals surface area contributed by atoms with Crippen LogP contribution in [0.3, 0.4) is 0 Å². The maximum absolute atomic E-state index is 13.3. The van der Waals surface area contributed by atoms with Gasteiger partial charge < -0.3 is 19.2 Å². The highest BCUT2D eigenvalue weighted by Gasteiger charge is 2.43. The number of benzene rings is 1. The van der Waals surface area contributed by atoms with Gasteiger partial charge in [-0.05, 0) is 48.7 Å². The fourth-order valence-corrected chi connectivity index (χ4v) is 3.45. The standard InChI is InChI=1S/C22H20F2N2O4/c1-4-13-11-28-16(5-2)20(13)21(27)26-19-7-6-14(10-25-19)15-9-18-17(8-12(15)3)29-22(23,24)30-18/h6-11H,4-5H2,1-3H3,(H,25,26,27). The smallest absolute Gasteiger partial charge is 0.468 e. The second kappa shape index (κ2) is 7.44. The van der Waals surface area contributed by atoms with Crippen molar-refractivity contribution in [1.82, 2.24) is 4.98 Å². The minimum Gasteiger partial charge on any atom is -0.468 e. The molecule has 1 aromatic carbocycles. The van der Waals surface area contributed by atoms with E-state index in [1.807, 2.05) is 13.8 Å². The predicted octanol–water partition coefficient (Wildman–Crippen LogP) is 5.35. The SMILES string of the molecule is CCc1coc(CC)c1C(=O)Nc1ccc(-c2cc3c(cc2C)OC(F)(F)O3)cn1. The first kappa shape index (κ1) is 19.9. The number of hydrogen-bond donors (Lipinski definition) is 1. The molecule has 30 heavy (non-hydrogen) atoms. The van der Waals surface area contributed by atoms with Gasteiger partial charge >= 0.3 is 6.29 Å². The number of amides is 1. The molecule has 1 aliphatic rings. The molecule has 0 atom stereocenters. The van der Waals surface area contributed by atoms with Crippen LogP contribution in [0.2, 0.25) is 0 Å². The first-order valence-electron chi connectivity index (χ1n) is 9.58. The lowest BCUT2D eigenvalue weighted by Crippen LogP contribution is -2.25. The van der Waals surface area contributed by atoms with Crippen LogP contribution in [0.4, 0.5) is 14.6 Å². The van der Waals surface area contributed by atoms with Crippen LogP contribution >= 0.6 is 0 Å². The number of aryl methyl sites for hydroxylation is 3. The molecular weight excluding hydrogens is 394 g/mol. The number of rotatable bonds is 5. The normalized spacial score (nSPS) is 14.0. The predicted molar refractivity (Wildman–Crippen MR) is 106 cm³/mol. The van der Waals surface area contributed by atoms with Crippen molar-refractivity contribution >= 4 is 11.7 Å². The van der Waals surface area contributed by atoms with E-state index in [0.29, 0.717) is 41.1 Å². The van der Waals surface area contributed by atoms with E-state index in [9.17, 15) is 13.6 Å². The van der Waals surface area contributed by atoms with E-state index >= 15 is 0 Å². The number of nitrogens with one attached hydrogen (secondary N) is 1. The summed E-state index contributed by atoms with van der Waals surface area (Å²) in [5.74, 6) is 0.695. The second-order valence-electron chi connectivity index (χ2n) is 6.93. The summed E-state index contributed by atoms with van der Waals surface area (Å²) < 4.78 is 41.1. The van der Waals surface area contributed by atoms with Gasteiger partial charge in [0.2, 0.25) is 0 Å². The minimum atomic E-state index is -3.67. The Morgan fingerprint density at radius 2 is 1.87 bits per heavy atom. The highest BCUT2D eigenvalue weighted by molar-refractivity contribution is 6.05. The molecule has 0 saturated heterocycles. The molecule has 3 heterocycles. The molecule has 0 saturated carbocycles. The summed E-state index contributed by atoms with van der Waals surface area (Å²) in [6.07, 6.45) is 0.797. The Kier molecular flexibility index (Phi) is 4.93. The molecule has 8 heteroatoms. The molecule has 0 bridgehead atoms. The number of carbonyl (C=O) groups excluding carboxylic acids is 1. The van der Waals surface area contributed by atoms with Crippen LogP contribution < -0.4 is 14.8 Å². The van der Waals surface area contributed by atoms with Crippen molar-refractivity contribution in [2.75, 3.05) is 5.32 Å². The molecule has 0 spiro atoms. The summed E-state index contributed by atoms with van der Waals surface area (Å²) in [5, 5.41) is 2.79. The Hall–Kier alpha value is -3.42. The van der Waals surface area contributed by atoms with Crippen molar-refractivity contribution < 1.29 is 27.5 Å². The molecule has 6 nitrogen and oxygen atoms in total. The molecule has 0 radical (unpaired) electrons. The van der Waals surface area contributed by atoms with E-state index in [1.165, 1.54) is 12.1 Å². The van der Waals surface area contributed by atoms with E-state index in [0.717, 1.165) is 11.1 Å². The second-order valence-corrected chi connectivity index (χ2v) is 6.93. The number of furan rings is 1. The van der Waals surface area contributed by atoms with Crippen LogP contribution in [-0.2, 0) is 12.8 Å². The van der Waals surface area contributed by atoms with Crippen molar-refractivity contribution in [3.05, 3.63) is 59.2 Å². The molecule has 0 fully saturated rings. The number of pyridine rings is 1. The Balaban J connectivity index is 1.56. The lowest BCUT2D eigenvalue weighted by atomic mass is 10.0. The molecule has 1 N–H and O–H groups in total. The molecule has 156 valence electrons. The van der Waals surface area contributed by atoms with Gasteiger partial charge in [0, 0.05) is 23.7 Å². The van der Waals surface area contributed by atoms with Crippen molar-refractivity contribution in [2.45, 2.75) is 39.9 Å².